The molecule has 2 aromatic rings. The second kappa shape index (κ2) is 5.23. The Hall–Kier alpha value is -1.48. The third-order valence-electron chi connectivity index (χ3n) is 2.63. The van der Waals surface area contributed by atoms with Crippen LogP contribution in [0, 0.1) is 5.92 Å². The van der Waals surface area contributed by atoms with Gasteiger partial charge in [-0.05, 0) is 36.7 Å². The van der Waals surface area contributed by atoms with Gasteiger partial charge in [0.05, 0.1) is 13.7 Å². The first-order valence-corrected chi connectivity index (χ1v) is 5.96. The number of furan rings is 1. The minimum Gasteiger partial charge on any atom is -0.497 e. The summed E-state index contributed by atoms with van der Waals surface area (Å²) in [6.45, 7) is 6.16. The molecule has 3 nitrogen and oxygen atoms in total. The van der Waals surface area contributed by atoms with Gasteiger partial charge in [0.2, 0.25) is 0 Å². The Balaban J connectivity index is 2.09. The number of fused-ring (bicyclic) bond motifs is 1. The fourth-order valence-electron chi connectivity index (χ4n) is 1.77. The number of ether oxygens (including phenoxy) is 1. The molecule has 92 valence electrons. The maximum Gasteiger partial charge on any atom is 0.134 e. The van der Waals surface area contributed by atoms with Crippen molar-refractivity contribution in [3.63, 3.8) is 0 Å². The monoisotopic (exact) mass is 233 g/mol. The predicted molar refractivity (Wildman–Crippen MR) is 69.3 cm³/mol. The highest BCUT2D eigenvalue weighted by atomic mass is 16.5. The molecule has 0 aliphatic rings. The van der Waals surface area contributed by atoms with E-state index in [2.05, 4.69) is 25.2 Å². The first-order valence-electron chi connectivity index (χ1n) is 5.96. The summed E-state index contributed by atoms with van der Waals surface area (Å²) in [5, 5.41) is 4.45. The first-order chi connectivity index (χ1) is 8.19. The van der Waals surface area contributed by atoms with Crippen LogP contribution in [0.2, 0.25) is 0 Å². The van der Waals surface area contributed by atoms with Crippen molar-refractivity contribution in [3.8, 4) is 5.75 Å². The highest BCUT2D eigenvalue weighted by molar-refractivity contribution is 5.79. The second-order valence-corrected chi connectivity index (χ2v) is 4.64. The molecule has 0 spiro atoms. The largest absolute Gasteiger partial charge is 0.497 e. The molecule has 0 unspecified atom stereocenters. The first kappa shape index (κ1) is 12.0. The maximum atomic E-state index is 5.73. The van der Waals surface area contributed by atoms with Gasteiger partial charge in [-0.15, -0.1) is 0 Å². The minimum absolute atomic E-state index is 0.652. The van der Waals surface area contributed by atoms with Gasteiger partial charge in [-0.3, -0.25) is 0 Å². The summed E-state index contributed by atoms with van der Waals surface area (Å²) in [5.74, 6) is 2.48. The molecule has 0 radical (unpaired) electrons. The van der Waals surface area contributed by atoms with Crippen LogP contribution in [0.1, 0.15) is 19.6 Å². The van der Waals surface area contributed by atoms with E-state index < -0.39 is 0 Å². The quantitative estimate of drug-likeness (QED) is 0.861. The molecule has 0 saturated heterocycles. The van der Waals surface area contributed by atoms with Gasteiger partial charge in [-0.25, -0.2) is 0 Å². The Morgan fingerprint density at radius 1 is 1.29 bits per heavy atom. The van der Waals surface area contributed by atoms with Crippen molar-refractivity contribution >= 4 is 11.0 Å². The molecule has 17 heavy (non-hydrogen) atoms. The lowest BCUT2D eigenvalue weighted by atomic mass is 10.2. The lowest BCUT2D eigenvalue weighted by Crippen LogP contribution is -2.18. The molecule has 2 rings (SSSR count). The van der Waals surface area contributed by atoms with Gasteiger partial charge in [0.1, 0.15) is 17.1 Å². The normalized spacial score (nSPS) is 11.3. The number of benzene rings is 1. The van der Waals surface area contributed by atoms with Crippen molar-refractivity contribution in [2.45, 2.75) is 20.4 Å². The van der Waals surface area contributed by atoms with Crippen molar-refractivity contribution in [1.82, 2.24) is 5.32 Å². The number of nitrogens with one attached hydrogen (secondary N) is 1. The van der Waals surface area contributed by atoms with Crippen LogP contribution in [0.5, 0.6) is 5.75 Å². The van der Waals surface area contributed by atoms with E-state index in [1.54, 1.807) is 7.11 Å². The zero-order valence-electron chi connectivity index (χ0n) is 10.6. The van der Waals surface area contributed by atoms with Crippen molar-refractivity contribution in [1.29, 1.82) is 0 Å². The van der Waals surface area contributed by atoms with Crippen LogP contribution in [0.4, 0.5) is 0 Å². The highest BCUT2D eigenvalue weighted by Crippen LogP contribution is 2.24. The Morgan fingerprint density at radius 2 is 2.12 bits per heavy atom. The summed E-state index contributed by atoms with van der Waals surface area (Å²) in [6.07, 6.45) is 0. The molecule has 0 fully saturated rings. The smallest absolute Gasteiger partial charge is 0.134 e. The van der Waals surface area contributed by atoms with Crippen molar-refractivity contribution in [3.05, 3.63) is 30.0 Å². The van der Waals surface area contributed by atoms with Crippen LogP contribution >= 0.6 is 0 Å². The van der Waals surface area contributed by atoms with Crippen molar-refractivity contribution in [2.75, 3.05) is 13.7 Å². The number of methoxy groups -OCH3 is 1. The van der Waals surface area contributed by atoms with E-state index >= 15 is 0 Å². The predicted octanol–water partition coefficient (Wildman–Crippen LogP) is 3.19. The van der Waals surface area contributed by atoms with E-state index in [9.17, 15) is 0 Å². The molecule has 3 heteroatoms. The second-order valence-electron chi connectivity index (χ2n) is 4.64. The summed E-state index contributed by atoms with van der Waals surface area (Å²) in [6, 6.07) is 7.91. The van der Waals surface area contributed by atoms with E-state index in [1.165, 1.54) is 0 Å². The Bertz CT molecular complexity index is 488. The van der Waals surface area contributed by atoms with Gasteiger partial charge in [-0.1, -0.05) is 13.8 Å². The number of hydrogen-bond donors (Lipinski definition) is 1. The third-order valence-corrected chi connectivity index (χ3v) is 2.63. The van der Waals surface area contributed by atoms with E-state index in [0.29, 0.717) is 5.92 Å². The molecule has 0 saturated carbocycles. The molecule has 1 N–H and O–H groups in total. The summed E-state index contributed by atoms with van der Waals surface area (Å²) in [7, 11) is 1.67. The van der Waals surface area contributed by atoms with Crippen LogP contribution in [0.25, 0.3) is 11.0 Å². The zero-order chi connectivity index (χ0) is 12.3. The van der Waals surface area contributed by atoms with Gasteiger partial charge in [-0.2, -0.15) is 0 Å². The molecule has 1 heterocycles. The van der Waals surface area contributed by atoms with Crippen molar-refractivity contribution in [2.24, 2.45) is 5.92 Å². The molecule has 1 aromatic carbocycles. The fraction of sp³-hybridized carbons (Fsp3) is 0.429. The maximum absolute atomic E-state index is 5.73. The highest BCUT2D eigenvalue weighted by Gasteiger charge is 2.04. The van der Waals surface area contributed by atoms with Gasteiger partial charge in [0.15, 0.2) is 0 Å². The van der Waals surface area contributed by atoms with E-state index in [4.69, 9.17) is 9.15 Å². The lowest BCUT2D eigenvalue weighted by molar-refractivity contribution is 0.415. The molecule has 0 atom stereocenters. The van der Waals surface area contributed by atoms with Crippen LogP contribution in [0.3, 0.4) is 0 Å². The standard InChI is InChI=1S/C14H19NO2/c1-10(2)8-15-9-13-7-11-6-12(16-3)4-5-14(11)17-13/h4-7,10,15H,8-9H2,1-3H3. The molecule has 0 aliphatic heterocycles. The third kappa shape index (κ3) is 3.01. The van der Waals surface area contributed by atoms with Gasteiger partial charge in [0, 0.05) is 5.39 Å². The van der Waals surface area contributed by atoms with Crippen LogP contribution < -0.4 is 10.1 Å². The van der Waals surface area contributed by atoms with Crippen molar-refractivity contribution < 1.29 is 9.15 Å². The van der Waals surface area contributed by atoms with Gasteiger partial charge >= 0.3 is 0 Å². The van der Waals surface area contributed by atoms with Crippen LogP contribution in [0.15, 0.2) is 28.7 Å². The van der Waals surface area contributed by atoms with E-state index in [1.807, 2.05) is 18.2 Å². The zero-order valence-corrected chi connectivity index (χ0v) is 10.6. The molecule has 0 aliphatic carbocycles. The SMILES string of the molecule is COc1ccc2oc(CNCC(C)C)cc2c1. The fourth-order valence-corrected chi connectivity index (χ4v) is 1.77. The summed E-state index contributed by atoms with van der Waals surface area (Å²) in [4.78, 5) is 0. The average molecular weight is 233 g/mol. The van der Waals surface area contributed by atoms with Gasteiger partial charge in [0.25, 0.3) is 0 Å². The van der Waals surface area contributed by atoms with E-state index in [-0.39, 0.29) is 0 Å². The Labute approximate surface area is 102 Å². The Kier molecular flexibility index (Phi) is 3.69. The molecule has 0 bridgehead atoms. The van der Waals surface area contributed by atoms with Gasteiger partial charge < -0.3 is 14.5 Å². The average Bonchev–Trinajstić information content (AvgIpc) is 2.69. The molecule has 1 aromatic heterocycles. The molecular formula is C14H19NO2. The topological polar surface area (TPSA) is 34.4 Å². The van der Waals surface area contributed by atoms with Crippen LogP contribution in [-0.2, 0) is 6.54 Å². The minimum atomic E-state index is 0.652. The number of hydrogen-bond acceptors (Lipinski definition) is 3. The van der Waals surface area contributed by atoms with Crippen LogP contribution in [-0.4, -0.2) is 13.7 Å². The lowest BCUT2D eigenvalue weighted by Gasteiger charge is -2.04. The molecular weight excluding hydrogens is 214 g/mol. The summed E-state index contributed by atoms with van der Waals surface area (Å²) in [5.41, 5.74) is 0.909. The molecule has 0 amide bonds. The Morgan fingerprint density at radius 3 is 2.82 bits per heavy atom. The summed E-state index contributed by atoms with van der Waals surface area (Å²) < 4.78 is 10.9. The number of rotatable bonds is 5. The summed E-state index contributed by atoms with van der Waals surface area (Å²) >= 11 is 0. The van der Waals surface area contributed by atoms with E-state index in [0.717, 1.165) is 35.6 Å².